The number of rotatable bonds is 0. The smallest absolute Gasteiger partial charge is 0.0386 e. The highest BCUT2D eigenvalue weighted by Crippen LogP contribution is 2.40. The fourth-order valence-corrected chi connectivity index (χ4v) is 2.06. The van der Waals surface area contributed by atoms with Crippen LogP contribution in [0.15, 0.2) is 0 Å². The molecule has 1 saturated carbocycles. The second-order valence-electron chi connectivity index (χ2n) is 4.28. The van der Waals surface area contributed by atoms with E-state index in [4.69, 9.17) is 6.42 Å². The SMILES string of the molecule is C#CN1CCNCC1.C1NC[C@H]2C[C@@H]12. The third-order valence-electron chi connectivity index (χ3n) is 3.18. The minimum absolute atomic E-state index is 0.997. The number of nitrogens with one attached hydrogen (secondary N) is 2. The van der Waals surface area contributed by atoms with Crippen molar-refractivity contribution >= 4 is 0 Å². The van der Waals surface area contributed by atoms with E-state index in [0.29, 0.717) is 0 Å². The van der Waals surface area contributed by atoms with Gasteiger partial charge in [-0.3, -0.25) is 0 Å². The molecule has 0 bridgehead atoms. The average molecular weight is 193 g/mol. The largest absolute Gasteiger partial charge is 0.330 e. The lowest BCUT2D eigenvalue weighted by Gasteiger charge is -2.22. The molecule has 0 aromatic carbocycles. The van der Waals surface area contributed by atoms with Gasteiger partial charge in [0.15, 0.2) is 0 Å². The van der Waals surface area contributed by atoms with Crippen LogP contribution in [0, 0.1) is 24.3 Å². The van der Waals surface area contributed by atoms with Gasteiger partial charge < -0.3 is 15.5 Å². The molecule has 3 heteroatoms. The Labute approximate surface area is 86.2 Å². The first kappa shape index (κ1) is 9.82. The van der Waals surface area contributed by atoms with Crippen molar-refractivity contribution < 1.29 is 0 Å². The van der Waals surface area contributed by atoms with Crippen LogP contribution in [-0.2, 0) is 0 Å². The first-order chi connectivity index (χ1) is 6.90. The molecule has 0 amide bonds. The molecule has 0 aromatic rings. The van der Waals surface area contributed by atoms with E-state index in [2.05, 4.69) is 16.7 Å². The van der Waals surface area contributed by atoms with Crippen LogP contribution in [0.1, 0.15) is 6.42 Å². The van der Waals surface area contributed by atoms with Crippen molar-refractivity contribution in [3.8, 4) is 12.5 Å². The van der Waals surface area contributed by atoms with Crippen molar-refractivity contribution in [1.29, 1.82) is 0 Å². The normalized spacial score (nSPS) is 33.8. The first-order valence-electron chi connectivity index (χ1n) is 5.53. The van der Waals surface area contributed by atoms with Crippen molar-refractivity contribution in [1.82, 2.24) is 15.5 Å². The highest BCUT2D eigenvalue weighted by atomic mass is 15.2. The van der Waals surface area contributed by atoms with Gasteiger partial charge in [0, 0.05) is 32.2 Å². The highest BCUT2D eigenvalue weighted by molar-refractivity contribution is 4.94. The Morgan fingerprint density at radius 1 is 1.07 bits per heavy atom. The quantitative estimate of drug-likeness (QED) is 0.518. The molecule has 3 nitrogen and oxygen atoms in total. The van der Waals surface area contributed by atoms with E-state index in [0.717, 1.165) is 38.0 Å². The van der Waals surface area contributed by atoms with Gasteiger partial charge in [-0.25, -0.2) is 0 Å². The van der Waals surface area contributed by atoms with Crippen LogP contribution in [0.5, 0.6) is 0 Å². The van der Waals surface area contributed by atoms with Gasteiger partial charge in [0.25, 0.3) is 0 Å². The van der Waals surface area contributed by atoms with E-state index in [1.807, 2.05) is 4.90 Å². The number of terminal acetylenes is 1. The Morgan fingerprint density at radius 2 is 1.71 bits per heavy atom. The average Bonchev–Trinajstić information content (AvgIpc) is 2.88. The van der Waals surface area contributed by atoms with E-state index >= 15 is 0 Å². The molecule has 1 aliphatic carbocycles. The summed E-state index contributed by atoms with van der Waals surface area (Å²) in [6, 6.07) is 2.60. The Kier molecular flexibility index (Phi) is 3.28. The van der Waals surface area contributed by atoms with Crippen molar-refractivity contribution in [3.63, 3.8) is 0 Å². The van der Waals surface area contributed by atoms with Gasteiger partial charge in [0.1, 0.15) is 0 Å². The van der Waals surface area contributed by atoms with Gasteiger partial charge in [-0.15, -0.1) is 0 Å². The molecule has 2 saturated heterocycles. The standard InChI is InChI=1S/C6H10N2.C5H9N/c1-2-8-5-3-7-4-6-8;1-4-2-6-3-5(1)4/h1,7H,3-6H2;4-6H,1-3H2/t;4-,5+. The zero-order valence-corrected chi connectivity index (χ0v) is 8.63. The van der Waals surface area contributed by atoms with Crippen LogP contribution < -0.4 is 10.6 Å². The third kappa shape index (κ3) is 2.63. The van der Waals surface area contributed by atoms with Crippen LogP contribution in [0.2, 0.25) is 0 Å². The predicted molar refractivity (Wildman–Crippen MR) is 57.7 cm³/mol. The fraction of sp³-hybridized carbons (Fsp3) is 0.818. The molecule has 3 aliphatic rings. The minimum Gasteiger partial charge on any atom is -0.330 e. The number of hydrogen-bond acceptors (Lipinski definition) is 3. The van der Waals surface area contributed by atoms with Crippen LogP contribution in [0.4, 0.5) is 0 Å². The summed E-state index contributed by atoms with van der Waals surface area (Å²) in [7, 11) is 0. The molecule has 0 unspecified atom stereocenters. The van der Waals surface area contributed by atoms with Gasteiger partial charge in [-0.2, -0.15) is 0 Å². The number of piperazine rings is 1. The molecule has 2 heterocycles. The first-order valence-corrected chi connectivity index (χ1v) is 5.53. The van der Waals surface area contributed by atoms with Gasteiger partial charge in [-0.05, 0) is 31.3 Å². The number of hydrogen-bond donors (Lipinski definition) is 2. The van der Waals surface area contributed by atoms with E-state index in [-0.39, 0.29) is 0 Å². The number of piperidine rings is 1. The van der Waals surface area contributed by atoms with Gasteiger partial charge in [0.2, 0.25) is 0 Å². The maximum atomic E-state index is 5.15. The second-order valence-corrected chi connectivity index (χ2v) is 4.28. The molecule has 0 aromatic heterocycles. The van der Waals surface area contributed by atoms with E-state index in [1.165, 1.54) is 19.5 Å². The van der Waals surface area contributed by atoms with Crippen molar-refractivity contribution in [2.45, 2.75) is 6.42 Å². The Bertz CT molecular complexity index is 207. The third-order valence-corrected chi connectivity index (χ3v) is 3.18. The summed E-state index contributed by atoms with van der Waals surface area (Å²) in [5.74, 6) is 2.20. The summed E-state index contributed by atoms with van der Waals surface area (Å²) in [4.78, 5) is 1.98. The Balaban J connectivity index is 0.000000110. The van der Waals surface area contributed by atoms with Crippen LogP contribution in [0.3, 0.4) is 0 Å². The summed E-state index contributed by atoms with van der Waals surface area (Å²) in [6.45, 7) is 6.68. The van der Waals surface area contributed by atoms with Gasteiger partial charge in [-0.1, -0.05) is 6.42 Å². The number of fused-ring (bicyclic) bond motifs is 1. The zero-order valence-electron chi connectivity index (χ0n) is 8.63. The molecule has 3 rings (SSSR count). The molecule has 14 heavy (non-hydrogen) atoms. The van der Waals surface area contributed by atoms with Gasteiger partial charge >= 0.3 is 0 Å². The molecular weight excluding hydrogens is 174 g/mol. The van der Waals surface area contributed by atoms with Crippen LogP contribution in [0.25, 0.3) is 0 Å². The molecule has 0 radical (unpaired) electrons. The maximum absolute atomic E-state index is 5.15. The highest BCUT2D eigenvalue weighted by Gasteiger charge is 2.40. The lowest BCUT2D eigenvalue weighted by atomic mass is 10.4. The Morgan fingerprint density at radius 3 is 2.00 bits per heavy atom. The maximum Gasteiger partial charge on any atom is 0.0386 e. The van der Waals surface area contributed by atoms with E-state index < -0.39 is 0 Å². The number of nitrogens with zero attached hydrogens (tertiary/aromatic N) is 1. The van der Waals surface area contributed by atoms with Gasteiger partial charge in [0.05, 0.1) is 0 Å². The topological polar surface area (TPSA) is 27.3 Å². The molecule has 2 aliphatic heterocycles. The predicted octanol–water partition coefficient (Wildman–Crippen LogP) is -0.292. The fourth-order valence-electron chi connectivity index (χ4n) is 2.06. The van der Waals surface area contributed by atoms with E-state index in [9.17, 15) is 0 Å². The molecule has 0 spiro atoms. The van der Waals surface area contributed by atoms with E-state index in [1.54, 1.807) is 0 Å². The summed E-state index contributed by atoms with van der Waals surface area (Å²) in [6.07, 6.45) is 6.67. The monoisotopic (exact) mass is 193 g/mol. The Hall–Kier alpha value is -0.720. The van der Waals surface area contributed by atoms with Crippen LogP contribution >= 0.6 is 0 Å². The summed E-state index contributed by atoms with van der Waals surface area (Å²) in [5.41, 5.74) is 0. The molecule has 2 atom stereocenters. The van der Waals surface area contributed by atoms with Crippen molar-refractivity contribution in [2.24, 2.45) is 11.8 Å². The van der Waals surface area contributed by atoms with Crippen molar-refractivity contribution in [2.75, 3.05) is 39.3 Å². The molecule has 78 valence electrons. The minimum atomic E-state index is 0.997. The molecule has 2 N–H and O–H groups in total. The summed E-state index contributed by atoms with van der Waals surface area (Å²) < 4.78 is 0. The summed E-state index contributed by atoms with van der Waals surface area (Å²) in [5, 5.41) is 6.53. The lowest BCUT2D eigenvalue weighted by Crippen LogP contribution is -2.40. The zero-order chi connectivity index (χ0) is 9.80. The summed E-state index contributed by atoms with van der Waals surface area (Å²) >= 11 is 0. The second kappa shape index (κ2) is 4.68. The molecular formula is C11H19N3. The lowest BCUT2D eigenvalue weighted by molar-refractivity contribution is 0.342. The molecule has 3 fully saturated rings. The van der Waals surface area contributed by atoms with Crippen molar-refractivity contribution in [3.05, 3.63) is 0 Å². The van der Waals surface area contributed by atoms with Crippen LogP contribution in [-0.4, -0.2) is 44.2 Å².